The summed E-state index contributed by atoms with van der Waals surface area (Å²) in [6.45, 7) is 5.55. The van der Waals surface area contributed by atoms with Gasteiger partial charge in [0.25, 0.3) is 0 Å². The molecule has 4 nitrogen and oxygen atoms in total. The van der Waals surface area contributed by atoms with Crippen molar-refractivity contribution in [2.75, 3.05) is 0 Å². The third kappa shape index (κ3) is 4.31. The van der Waals surface area contributed by atoms with Crippen molar-refractivity contribution in [3.8, 4) is 0 Å². The number of nitrogens with two attached hydrogens (primary N) is 1. The van der Waals surface area contributed by atoms with Crippen LogP contribution in [-0.2, 0) is 19.4 Å². The number of hydrogen-bond donors (Lipinski definition) is 2. The highest BCUT2D eigenvalue weighted by atomic mass is 16.3. The monoisotopic (exact) mass is 274 g/mol. The van der Waals surface area contributed by atoms with Crippen LogP contribution >= 0.6 is 0 Å². The normalized spacial score (nSPS) is 11.4. The summed E-state index contributed by atoms with van der Waals surface area (Å²) in [5.74, 6) is 0. The van der Waals surface area contributed by atoms with Gasteiger partial charge in [0.2, 0.25) is 0 Å². The maximum atomic E-state index is 11.0. The highest BCUT2D eigenvalue weighted by molar-refractivity contribution is 5.53. The van der Waals surface area contributed by atoms with Crippen molar-refractivity contribution in [2.45, 2.75) is 39.2 Å². The van der Waals surface area contributed by atoms with Crippen LogP contribution in [0.2, 0.25) is 0 Å². The smallest absolute Gasteiger partial charge is 0.112 e. The number of aliphatic hydroxyl groups excluding tert-OH is 1. The molecule has 0 aromatic heterocycles. The number of aryl methyl sites for hydroxylation is 1. The molecule has 0 radical (unpaired) electrons. The van der Waals surface area contributed by atoms with Gasteiger partial charge in [-0.15, -0.1) is 11.5 Å². The van der Waals surface area contributed by atoms with Gasteiger partial charge in [0.15, 0.2) is 0 Å². The van der Waals surface area contributed by atoms with Gasteiger partial charge in [0.05, 0.1) is 6.61 Å². The Bertz CT molecular complexity index is 507. The van der Waals surface area contributed by atoms with Crippen molar-refractivity contribution in [3.63, 3.8) is 0 Å². The average Bonchev–Trinajstić information content (AvgIpc) is 2.49. The Balaban J connectivity index is 3.03. The molecule has 0 spiro atoms. The summed E-state index contributed by atoms with van der Waals surface area (Å²) in [5, 5.41) is 12.5. The molecule has 4 heteroatoms. The van der Waals surface area contributed by atoms with Gasteiger partial charge >= 0.3 is 0 Å². The number of allylic oxidation sites excluding steroid dienone is 3. The molecule has 1 aromatic carbocycles. The molecule has 1 rings (SSSR count). The van der Waals surface area contributed by atoms with Crippen molar-refractivity contribution >= 4 is 5.69 Å². The lowest BCUT2D eigenvalue weighted by Gasteiger charge is -2.10. The number of nitrogens with zero attached hydrogens (tertiary/aromatic N) is 1. The highest BCUT2D eigenvalue weighted by Crippen LogP contribution is 2.27. The fraction of sp³-hybridized carbons (Fsp3) is 0.375. The summed E-state index contributed by atoms with van der Waals surface area (Å²) in [4.78, 5) is 11.0. The third-order valence-corrected chi connectivity index (χ3v) is 3.26. The molecule has 0 aliphatic carbocycles. The van der Waals surface area contributed by atoms with E-state index in [1.807, 2.05) is 25.1 Å². The minimum Gasteiger partial charge on any atom is -0.402 e. The van der Waals surface area contributed by atoms with Crippen molar-refractivity contribution in [1.82, 2.24) is 0 Å². The Kier molecular flexibility index (Phi) is 6.67. The van der Waals surface area contributed by atoms with Gasteiger partial charge in [-0.25, -0.2) is 0 Å². The van der Waals surface area contributed by atoms with Gasteiger partial charge in [-0.2, -0.15) is 0 Å². The van der Waals surface area contributed by atoms with E-state index in [1.54, 1.807) is 6.07 Å². The molecule has 108 valence electrons. The summed E-state index contributed by atoms with van der Waals surface area (Å²) in [6, 6.07) is 3.69. The second-order valence-electron chi connectivity index (χ2n) is 4.67. The summed E-state index contributed by atoms with van der Waals surface area (Å²) >= 11 is 0. The number of hydrogen-bond acceptors (Lipinski definition) is 4. The van der Waals surface area contributed by atoms with E-state index in [2.05, 4.69) is 11.8 Å². The zero-order chi connectivity index (χ0) is 15.0. The van der Waals surface area contributed by atoms with Gasteiger partial charge < -0.3 is 10.8 Å². The van der Waals surface area contributed by atoms with E-state index >= 15 is 0 Å². The van der Waals surface area contributed by atoms with Crippen LogP contribution in [0.1, 0.15) is 36.5 Å². The fourth-order valence-corrected chi connectivity index (χ4v) is 2.05. The maximum absolute atomic E-state index is 11.0. The summed E-state index contributed by atoms with van der Waals surface area (Å²) in [7, 11) is 0. The quantitative estimate of drug-likeness (QED) is 0.562. The molecule has 0 saturated heterocycles. The Morgan fingerprint density at radius 1 is 1.50 bits per heavy atom. The molecule has 0 aliphatic rings. The maximum Gasteiger partial charge on any atom is 0.112 e. The second kappa shape index (κ2) is 8.27. The molecule has 20 heavy (non-hydrogen) atoms. The summed E-state index contributed by atoms with van der Waals surface area (Å²) < 4.78 is 0. The van der Waals surface area contributed by atoms with Crippen LogP contribution in [0.15, 0.2) is 41.7 Å². The first-order valence-electron chi connectivity index (χ1n) is 6.80. The SMILES string of the molecule is C=CCC/C(N)=C/Cc1c(CO)cc(CC)cc1N=O. The molecular formula is C16H22N2O2. The second-order valence-corrected chi connectivity index (χ2v) is 4.67. The van der Waals surface area contributed by atoms with Crippen LogP contribution in [-0.4, -0.2) is 5.11 Å². The van der Waals surface area contributed by atoms with Crippen LogP contribution in [0.3, 0.4) is 0 Å². The van der Waals surface area contributed by atoms with Crippen LogP contribution < -0.4 is 5.73 Å². The number of aliphatic hydroxyl groups is 1. The molecule has 1 aromatic rings. The van der Waals surface area contributed by atoms with Gasteiger partial charge in [-0.05, 0) is 53.6 Å². The van der Waals surface area contributed by atoms with Crippen LogP contribution in [0.4, 0.5) is 5.69 Å². The Morgan fingerprint density at radius 3 is 2.80 bits per heavy atom. The van der Waals surface area contributed by atoms with E-state index in [0.29, 0.717) is 12.1 Å². The van der Waals surface area contributed by atoms with Gasteiger partial charge in [-0.1, -0.05) is 25.1 Å². The molecule has 0 fully saturated rings. The number of benzene rings is 1. The minimum absolute atomic E-state index is 0.105. The molecule has 3 N–H and O–H groups in total. The lowest BCUT2D eigenvalue weighted by atomic mass is 9.98. The van der Waals surface area contributed by atoms with Crippen LogP contribution in [0, 0.1) is 4.91 Å². The molecule has 0 aliphatic heterocycles. The number of nitroso groups, excluding NO2 is 1. The average molecular weight is 274 g/mol. The first-order chi connectivity index (χ1) is 9.65. The third-order valence-electron chi connectivity index (χ3n) is 3.26. The molecule has 0 amide bonds. The first kappa shape index (κ1) is 16.1. The Labute approximate surface area is 120 Å². The predicted octanol–water partition coefficient (Wildman–Crippen LogP) is 3.49. The molecule has 0 saturated carbocycles. The van der Waals surface area contributed by atoms with Gasteiger partial charge in [0.1, 0.15) is 5.69 Å². The summed E-state index contributed by atoms with van der Waals surface area (Å²) in [6.07, 6.45) is 6.56. The van der Waals surface area contributed by atoms with E-state index in [4.69, 9.17) is 5.73 Å². The molecular weight excluding hydrogens is 252 g/mol. The van der Waals surface area contributed by atoms with Gasteiger partial charge in [0, 0.05) is 5.70 Å². The first-order valence-corrected chi connectivity index (χ1v) is 6.80. The van der Waals surface area contributed by atoms with E-state index < -0.39 is 0 Å². The molecule has 0 atom stereocenters. The van der Waals surface area contributed by atoms with Crippen molar-refractivity contribution in [1.29, 1.82) is 0 Å². The summed E-state index contributed by atoms with van der Waals surface area (Å²) in [5.41, 5.74) is 9.52. The lowest BCUT2D eigenvalue weighted by molar-refractivity contribution is 0.281. The van der Waals surface area contributed by atoms with E-state index in [9.17, 15) is 10.0 Å². The minimum atomic E-state index is -0.105. The lowest BCUT2D eigenvalue weighted by Crippen LogP contribution is -2.00. The fourth-order valence-electron chi connectivity index (χ4n) is 2.05. The zero-order valence-electron chi connectivity index (χ0n) is 11.9. The zero-order valence-corrected chi connectivity index (χ0v) is 11.9. The van der Waals surface area contributed by atoms with Crippen molar-refractivity contribution < 1.29 is 5.11 Å². The molecule has 0 unspecified atom stereocenters. The van der Waals surface area contributed by atoms with Crippen molar-refractivity contribution in [3.05, 3.63) is 58.2 Å². The van der Waals surface area contributed by atoms with E-state index in [1.165, 1.54) is 0 Å². The standard InChI is InChI=1S/C16H22N2O2/c1-3-5-6-14(17)7-8-15-13(11-19)9-12(4-2)10-16(15)18-20/h3,7,9-10,19H,1,4-6,8,11,17H2,2H3/b14-7-. The Morgan fingerprint density at radius 2 is 2.25 bits per heavy atom. The van der Waals surface area contributed by atoms with E-state index in [-0.39, 0.29) is 6.61 Å². The Hall–Kier alpha value is -1.94. The van der Waals surface area contributed by atoms with Gasteiger partial charge in [-0.3, -0.25) is 0 Å². The topological polar surface area (TPSA) is 75.7 Å². The predicted molar refractivity (Wildman–Crippen MR) is 82.6 cm³/mol. The number of rotatable bonds is 8. The van der Waals surface area contributed by atoms with Crippen LogP contribution in [0.25, 0.3) is 0 Å². The van der Waals surface area contributed by atoms with E-state index in [0.717, 1.165) is 41.6 Å². The molecule has 0 bridgehead atoms. The highest BCUT2D eigenvalue weighted by Gasteiger charge is 2.10. The van der Waals surface area contributed by atoms with Crippen LogP contribution in [0.5, 0.6) is 0 Å². The largest absolute Gasteiger partial charge is 0.402 e. The van der Waals surface area contributed by atoms with Crippen molar-refractivity contribution in [2.24, 2.45) is 10.9 Å². The molecule has 0 heterocycles.